The summed E-state index contributed by atoms with van der Waals surface area (Å²) in [7, 11) is 0. The van der Waals surface area contributed by atoms with E-state index in [0.29, 0.717) is 18.9 Å². The van der Waals surface area contributed by atoms with Crippen LogP contribution in [0.1, 0.15) is 24.0 Å². The largest absolute Gasteiger partial charge is 0.388 e. The number of hydrogen-bond donors (Lipinski definition) is 1. The van der Waals surface area contributed by atoms with E-state index in [2.05, 4.69) is 40.1 Å². The highest BCUT2D eigenvalue weighted by molar-refractivity contribution is 5.33. The first-order valence-electron chi connectivity index (χ1n) is 8.80. The van der Waals surface area contributed by atoms with Gasteiger partial charge < -0.3 is 5.11 Å². The third-order valence-corrected chi connectivity index (χ3v) is 5.91. The molecule has 0 unspecified atom stereocenters. The minimum atomic E-state index is -0.605. The monoisotopic (exact) mass is 311 g/mol. The molecule has 1 aliphatic heterocycles. The molecule has 4 nitrogen and oxygen atoms in total. The number of rotatable bonds is 3. The predicted octanol–water partition coefficient (Wildman–Crippen LogP) is 1.44. The molecule has 2 fully saturated rings. The van der Waals surface area contributed by atoms with Crippen LogP contribution < -0.4 is 0 Å². The second-order valence-electron chi connectivity index (χ2n) is 7.60. The molecule has 1 heterocycles. The molecule has 4 heteroatoms. The predicted molar refractivity (Wildman–Crippen MR) is 88.9 cm³/mol. The number of aliphatic hydroxyl groups is 1. The van der Waals surface area contributed by atoms with Crippen LogP contribution in [0.2, 0.25) is 0 Å². The third kappa shape index (κ3) is 3.01. The Hall–Kier alpha value is -1.41. The van der Waals surface area contributed by atoms with E-state index in [1.165, 1.54) is 24.0 Å². The molecule has 0 spiro atoms. The van der Waals surface area contributed by atoms with E-state index in [1.807, 2.05) is 0 Å². The van der Waals surface area contributed by atoms with Gasteiger partial charge in [0.25, 0.3) is 0 Å². The van der Waals surface area contributed by atoms with Gasteiger partial charge in [0, 0.05) is 38.8 Å². The van der Waals surface area contributed by atoms with Crippen molar-refractivity contribution in [2.24, 2.45) is 5.92 Å². The Bertz CT molecular complexity index is 584. The SMILES string of the molecule is N#CC1CC(O)(CN2CCN(C3Cc4ccccc4C3)CC2)C1. The zero-order valence-electron chi connectivity index (χ0n) is 13.6. The van der Waals surface area contributed by atoms with Crippen LogP contribution in [-0.4, -0.2) is 59.3 Å². The highest BCUT2D eigenvalue weighted by atomic mass is 16.3. The van der Waals surface area contributed by atoms with E-state index >= 15 is 0 Å². The molecule has 3 aliphatic rings. The van der Waals surface area contributed by atoms with E-state index in [0.717, 1.165) is 32.7 Å². The molecule has 1 aromatic carbocycles. The van der Waals surface area contributed by atoms with Gasteiger partial charge in [0.05, 0.1) is 17.6 Å². The molecule has 122 valence electrons. The van der Waals surface area contributed by atoms with Gasteiger partial charge in [0.15, 0.2) is 0 Å². The lowest BCUT2D eigenvalue weighted by atomic mass is 9.71. The zero-order valence-corrected chi connectivity index (χ0v) is 13.6. The fourth-order valence-corrected chi connectivity index (χ4v) is 4.57. The van der Waals surface area contributed by atoms with E-state index < -0.39 is 5.60 Å². The average molecular weight is 311 g/mol. The number of piperazine rings is 1. The van der Waals surface area contributed by atoms with Gasteiger partial charge in [-0.3, -0.25) is 9.80 Å². The first kappa shape index (κ1) is 15.1. The molecule has 1 saturated heterocycles. The average Bonchev–Trinajstić information content (AvgIpc) is 2.97. The van der Waals surface area contributed by atoms with Crippen molar-refractivity contribution in [2.75, 3.05) is 32.7 Å². The minimum absolute atomic E-state index is 0.0679. The molecule has 0 bridgehead atoms. The number of hydrogen-bond acceptors (Lipinski definition) is 4. The smallest absolute Gasteiger partial charge is 0.0799 e. The van der Waals surface area contributed by atoms with Crippen molar-refractivity contribution in [1.29, 1.82) is 5.26 Å². The van der Waals surface area contributed by atoms with Crippen molar-refractivity contribution >= 4 is 0 Å². The van der Waals surface area contributed by atoms with Gasteiger partial charge in [-0.1, -0.05) is 24.3 Å². The molecule has 1 N–H and O–H groups in total. The van der Waals surface area contributed by atoms with E-state index in [-0.39, 0.29) is 5.92 Å². The summed E-state index contributed by atoms with van der Waals surface area (Å²) in [6.45, 7) is 5.00. The Labute approximate surface area is 138 Å². The Morgan fingerprint density at radius 2 is 1.70 bits per heavy atom. The number of nitriles is 1. The van der Waals surface area contributed by atoms with Gasteiger partial charge in [-0.2, -0.15) is 5.26 Å². The second-order valence-corrected chi connectivity index (χ2v) is 7.60. The summed E-state index contributed by atoms with van der Waals surface area (Å²) in [5.41, 5.74) is 2.43. The van der Waals surface area contributed by atoms with Gasteiger partial charge in [0.2, 0.25) is 0 Å². The van der Waals surface area contributed by atoms with Crippen LogP contribution in [0.3, 0.4) is 0 Å². The molecular formula is C19H25N3O. The van der Waals surface area contributed by atoms with Crippen LogP contribution in [0.15, 0.2) is 24.3 Å². The Balaban J connectivity index is 1.27. The van der Waals surface area contributed by atoms with Crippen LogP contribution in [0.4, 0.5) is 0 Å². The lowest BCUT2D eigenvalue weighted by Crippen LogP contribution is -2.57. The fraction of sp³-hybridized carbons (Fsp3) is 0.632. The third-order valence-electron chi connectivity index (χ3n) is 5.91. The maximum Gasteiger partial charge on any atom is 0.0799 e. The molecule has 0 atom stereocenters. The summed E-state index contributed by atoms with van der Waals surface area (Å²) in [6, 6.07) is 11.7. The van der Waals surface area contributed by atoms with Crippen molar-refractivity contribution in [1.82, 2.24) is 9.80 Å². The normalized spacial score (nSPS) is 32.3. The molecule has 2 aliphatic carbocycles. The quantitative estimate of drug-likeness (QED) is 0.918. The van der Waals surface area contributed by atoms with Crippen molar-refractivity contribution in [3.63, 3.8) is 0 Å². The van der Waals surface area contributed by atoms with Crippen LogP contribution in [0.25, 0.3) is 0 Å². The first-order valence-corrected chi connectivity index (χ1v) is 8.80. The van der Waals surface area contributed by atoms with Crippen molar-refractivity contribution in [3.8, 4) is 6.07 Å². The highest BCUT2D eigenvalue weighted by Crippen LogP contribution is 2.38. The minimum Gasteiger partial charge on any atom is -0.388 e. The summed E-state index contributed by atoms with van der Waals surface area (Å²) in [5.74, 6) is 0.0679. The molecule has 4 rings (SSSR count). The maximum atomic E-state index is 10.5. The van der Waals surface area contributed by atoms with Crippen molar-refractivity contribution in [3.05, 3.63) is 35.4 Å². The summed E-state index contributed by atoms with van der Waals surface area (Å²) in [6.07, 6.45) is 3.68. The van der Waals surface area contributed by atoms with Gasteiger partial charge >= 0.3 is 0 Å². The van der Waals surface area contributed by atoms with Crippen molar-refractivity contribution < 1.29 is 5.11 Å². The number of nitrogens with zero attached hydrogens (tertiary/aromatic N) is 3. The molecule has 0 radical (unpaired) electrons. The summed E-state index contributed by atoms with van der Waals surface area (Å²) in [4.78, 5) is 5.01. The van der Waals surface area contributed by atoms with E-state index in [9.17, 15) is 5.11 Å². The van der Waals surface area contributed by atoms with Gasteiger partial charge in [-0.25, -0.2) is 0 Å². The summed E-state index contributed by atoms with van der Waals surface area (Å²) in [5, 5.41) is 19.3. The summed E-state index contributed by atoms with van der Waals surface area (Å²) < 4.78 is 0. The zero-order chi connectivity index (χ0) is 15.9. The second kappa shape index (κ2) is 5.90. The highest BCUT2D eigenvalue weighted by Gasteiger charge is 2.44. The number of β-amino-alcohol motifs (C(OH)–C–C–N with tert-alkyl or cyclic N) is 1. The molecule has 23 heavy (non-hydrogen) atoms. The fourth-order valence-electron chi connectivity index (χ4n) is 4.57. The van der Waals surface area contributed by atoms with E-state index in [1.54, 1.807) is 0 Å². The molecule has 0 amide bonds. The molecule has 0 aromatic heterocycles. The van der Waals surface area contributed by atoms with Gasteiger partial charge in [0.1, 0.15) is 0 Å². The first-order chi connectivity index (χ1) is 11.1. The number of fused-ring (bicyclic) bond motifs is 1. The lowest BCUT2D eigenvalue weighted by molar-refractivity contribution is -0.0855. The Morgan fingerprint density at radius 1 is 1.09 bits per heavy atom. The molecule has 1 aromatic rings. The van der Waals surface area contributed by atoms with Gasteiger partial charge in [-0.15, -0.1) is 0 Å². The van der Waals surface area contributed by atoms with E-state index in [4.69, 9.17) is 5.26 Å². The molecular weight excluding hydrogens is 286 g/mol. The van der Waals surface area contributed by atoms with Crippen LogP contribution in [0.5, 0.6) is 0 Å². The van der Waals surface area contributed by atoms with Crippen LogP contribution in [0, 0.1) is 17.2 Å². The number of benzene rings is 1. The van der Waals surface area contributed by atoms with Gasteiger partial charge in [-0.05, 0) is 36.8 Å². The maximum absolute atomic E-state index is 10.5. The van der Waals surface area contributed by atoms with Crippen molar-refractivity contribution in [2.45, 2.75) is 37.3 Å². The lowest BCUT2D eigenvalue weighted by Gasteiger charge is -2.46. The van der Waals surface area contributed by atoms with Crippen LogP contribution >= 0.6 is 0 Å². The Morgan fingerprint density at radius 3 is 2.26 bits per heavy atom. The standard InChI is InChI=1S/C19H25N3O/c20-13-15-11-19(23,12-15)14-21-5-7-22(8-6-21)18-9-16-3-1-2-4-17(16)10-18/h1-4,15,18,23H,5-12,14H2. The molecule has 1 saturated carbocycles. The van der Waals surface area contributed by atoms with Crippen LogP contribution in [-0.2, 0) is 12.8 Å². The Kier molecular flexibility index (Phi) is 3.88. The summed E-state index contributed by atoms with van der Waals surface area (Å²) >= 11 is 0. The topological polar surface area (TPSA) is 50.5 Å².